The van der Waals surface area contributed by atoms with E-state index in [9.17, 15) is 18.0 Å². The molecule has 0 aromatic heterocycles. The summed E-state index contributed by atoms with van der Waals surface area (Å²) >= 11 is 0. The summed E-state index contributed by atoms with van der Waals surface area (Å²) in [5, 5.41) is 7.28. The maximum Gasteiger partial charge on any atom is 0.508 e. The van der Waals surface area contributed by atoms with Gasteiger partial charge in [-0.05, 0) is 6.92 Å². The van der Waals surface area contributed by atoms with Crippen LogP contribution >= 0.6 is 0 Å². The Morgan fingerprint density at radius 1 is 1.62 bits per heavy atom. The Hall–Kier alpha value is -0.980. The van der Waals surface area contributed by atoms with Gasteiger partial charge in [-0.2, -0.15) is 13.2 Å². The quantitative estimate of drug-likeness (QED) is 0.597. The molecular weight excluding hydrogens is 193 g/mol. The number of ether oxygens (including phenoxy) is 2. The Labute approximate surface area is 72.2 Å². The molecule has 0 bridgehead atoms. The van der Waals surface area contributed by atoms with Gasteiger partial charge in [0.05, 0.1) is 0 Å². The summed E-state index contributed by atoms with van der Waals surface area (Å²) in [6, 6.07) is 0. The molecule has 1 atom stereocenters. The van der Waals surface area contributed by atoms with Crippen molar-refractivity contribution in [2.24, 2.45) is 0 Å². The van der Waals surface area contributed by atoms with Crippen LogP contribution in [0, 0.1) is 0 Å². The van der Waals surface area contributed by atoms with Crippen molar-refractivity contribution in [3.05, 3.63) is 0 Å². The lowest BCUT2D eigenvalue weighted by Gasteiger charge is -1.95. The Balaban J connectivity index is 0.000000226. The van der Waals surface area contributed by atoms with Crippen LogP contribution in [-0.2, 0) is 9.47 Å². The molecule has 1 fully saturated rings. The average Bonchev–Trinajstić information content (AvgIpc) is 2.34. The fraction of sp³-hybridized carbons (Fsp3) is 0.833. The first kappa shape index (κ1) is 12.0. The second-order valence-electron chi connectivity index (χ2n) is 2.26. The number of cyclic esters (lactones) is 2. The number of halogens is 3. The van der Waals surface area contributed by atoms with Crippen molar-refractivity contribution >= 4 is 6.16 Å². The number of hydrogen-bond donors (Lipinski definition) is 1. The highest BCUT2D eigenvalue weighted by molar-refractivity contribution is 5.61. The highest BCUT2D eigenvalue weighted by Crippen LogP contribution is 2.11. The van der Waals surface area contributed by atoms with Gasteiger partial charge in [0.2, 0.25) is 0 Å². The summed E-state index contributed by atoms with van der Waals surface area (Å²) < 4.78 is 40.5. The van der Waals surface area contributed by atoms with Crippen LogP contribution in [0.4, 0.5) is 18.0 Å². The molecule has 7 heteroatoms. The zero-order valence-corrected chi connectivity index (χ0v) is 6.80. The van der Waals surface area contributed by atoms with E-state index >= 15 is 0 Å². The average molecular weight is 202 g/mol. The third kappa shape index (κ3) is 7.38. The van der Waals surface area contributed by atoms with Gasteiger partial charge >= 0.3 is 12.3 Å². The summed E-state index contributed by atoms with van der Waals surface area (Å²) in [5.74, 6) is 0. The van der Waals surface area contributed by atoms with E-state index in [1.54, 1.807) is 6.92 Å². The summed E-state index contributed by atoms with van der Waals surface area (Å²) in [4.78, 5) is 10.0. The molecule has 0 saturated carbocycles. The molecule has 0 aromatic rings. The van der Waals surface area contributed by atoms with Crippen molar-refractivity contribution in [3.63, 3.8) is 0 Å². The first-order valence-corrected chi connectivity index (χ1v) is 3.36. The summed E-state index contributed by atoms with van der Waals surface area (Å²) in [7, 11) is 0. The van der Waals surface area contributed by atoms with E-state index in [0.717, 1.165) is 0 Å². The maximum absolute atomic E-state index is 10.5. The molecule has 1 aliphatic heterocycles. The van der Waals surface area contributed by atoms with Crippen molar-refractivity contribution in [1.82, 2.24) is 0 Å². The second-order valence-corrected chi connectivity index (χ2v) is 2.26. The molecule has 0 spiro atoms. The van der Waals surface area contributed by atoms with Crippen LogP contribution in [0.5, 0.6) is 0 Å². The second kappa shape index (κ2) is 4.90. The first-order valence-electron chi connectivity index (χ1n) is 3.36. The third-order valence-corrected chi connectivity index (χ3v) is 0.913. The zero-order valence-electron chi connectivity index (χ0n) is 6.80. The van der Waals surface area contributed by atoms with Gasteiger partial charge in [-0.15, -0.1) is 0 Å². The van der Waals surface area contributed by atoms with Crippen molar-refractivity contribution < 1.29 is 32.5 Å². The number of aliphatic hydroxyl groups excluding tert-OH is 1. The van der Waals surface area contributed by atoms with Crippen molar-refractivity contribution in [3.8, 4) is 0 Å². The maximum atomic E-state index is 10.5. The standard InChI is InChI=1S/C4H6O3.C2H3F3O/c1-3-2-6-4(5)7-3;3-2(4,5)1-6/h3H,2H2,1H3;6H,1H2. The summed E-state index contributed by atoms with van der Waals surface area (Å²) in [6.07, 6.45) is -5.00. The van der Waals surface area contributed by atoms with Crippen LogP contribution < -0.4 is 0 Å². The van der Waals surface area contributed by atoms with Crippen LogP contribution in [0.15, 0.2) is 0 Å². The third-order valence-electron chi connectivity index (χ3n) is 0.913. The van der Waals surface area contributed by atoms with E-state index in [4.69, 9.17) is 5.11 Å². The molecule has 0 amide bonds. The van der Waals surface area contributed by atoms with E-state index in [2.05, 4.69) is 9.47 Å². The van der Waals surface area contributed by atoms with E-state index in [-0.39, 0.29) is 6.10 Å². The number of carbonyl (C=O) groups is 1. The Morgan fingerprint density at radius 3 is 2.15 bits per heavy atom. The van der Waals surface area contributed by atoms with Gasteiger partial charge in [-0.25, -0.2) is 4.79 Å². The molecule has 13 heavy (non-hydrogen) atoms. The molecule has 0 aliphatic carbocycles. The molecule has 0 radical (unpaired) electrons. The summed E-state index contributed by atoms with van der Waals surface area (Å²) in [5.41, 5.74) is 0. The fourth-order valence-electron chi connectivity index (χ4n) is 0.418. The minimum atomic E-state index is -4.40. The van der Waals surface area contributed by atoms with Crippen molar-refractivity contribution in [2.75, 3.05) is 13.2 Å². The van der Waals surface area contributed by atoms with Gasteiger partial charge in [0.1, 0.15) is 19.3 Å². The number of rotatable bonds is 0. The molecule has 1 rings (SSSR count). The molecule has 1 aliphatic rings. The van der Waals surface area contributed by atoms with Crippen LogP contribution in [0.25, 0.3) is 0 Å². The molecule has 1 heterocycles. The number of carbonyl (C=O) groups excluding carboxylic acids is 1. The summed E-state index contributed by atoms with van der Waals surface area (Å²) in [6.45, 7) is 0.455. The normalized spacial score (nSPS) is 21.3. The largest absolute Gasteiger partial charge is 0.508 e. The predicted molar refractivity (Wildman–Crippen MR) is 35.0 cm³/mol. The number of hydrogen-bond acceptors (Lipinski definition) is 4. The van der Waals surface area contributed by atoms with Crippen LogP contribution in [0.1, 0.15) is 6.92 Å². The number of aliphatic hydroxyl groups is 1. The molecule has 1 N–H and O–H groups in total. The first-order chi connectivity index (χ1) is 5.85. The lowest BCUT2D eigenvalue weighted by Crippen LogP contribution is -2.12. The zero-order chi connectivity index (χ0) is 10.5. The fourth-order valence-corrected chi connectivity index (χ4v) is 0.418. The van der Waals surface area contributed by atoms with Crippen LogP contribution in [0.2, 0.25) is 0 Å². The Kier molecular flexibility index (Phi) is 4.53. The van der Waals surface area contributed by atoms with Gasteiger partial charge in [0, 0.05) is 0 Å². The van der Waals surface area contributed by atoms with Crippen molar-refractivity contribution in [2.45, 2.75) is 19.2 Å². The van der Waals surface area contributed by atoms with Gasteiger partial charge < -0.3 is 14.6 Å². The van der Waals surface area contributed by atoms with E-state index in [1.807, 2.05) is 0 Å². The predicted octanol–water partition coefficient (Wildman–Crippen LogP) is 1.08. The van der Waals surface area contributed by atoms with Crippen LogP contribution in [0.3, 0.4) is 0 Å². The lowest BCUT2D eigenvalue weighted by molar-refractivity contribution is -0.159. The van der Waals surface area contributed by atoms with Gasteiger partial charge in [-0.1, -0.05) is 0 Å². The minimum absolute atomic E-state index is 0.0486. The number of alkyl halides is 3. The van der Waals surface area contributed by atoms with E-state index in [0.29, 0.717) is 6.61 Å². The van der Waals surface area contributed by atoms with E-state index in [1.165, 1.54) is 0 Å². The van der Waals surface area contributed by atoms with Gasteiger partial charge in [0.15, 0.2) is 0 Å². The molecule has 1 unspecified atom stereocenters. The molecular formula is C6H9F3O4. The monoisotopic (exact) mass is 202 g/mol. The molecule has 78 valence electrons. The van der Waals surface area contributed by atoms with Crippen molar-refractivity contribution in [1.29, 1.82) is 0 Å². The lowest BCUT2D eigenvalue weighted by atomic mass is 10.5. The highest BCUT2D eigenvalue weighted by atomic mass is 19.4. The van der Waals surface area contributed by atoms with Gasteiger partial charge in [0.25, 0.3) is 0 Å². The molecule has 0 aromatic carbocycles. The highest BCUT2D eigenvalue weighted by Gasteiger charge is 2.24. The smallest absolute Gasteiger partial charge is 0.430 e. The van der Waals surface area contributed by atoms with E-state index < -0.39 is 18.9 Å². The Morgan fingerprint density at radius 2 is 2.08 bits per heavy atom. The van der Waals surface area contributed by atoms with Gasteiger partial charge in [-0.3, -0.25) is 0 Å². The SMILES string of the molecule is CC1COC(=O)O1.OCC(F)(F)F. The van der Waals surface area contributed by atoms with Crippen LogP contribution in [-0.4, -0.2) is 36.8 Å². The minimum Gasteiger partial charge on any atom is -0.430 e. The topological polar surface area (TPSA) is 55.8 Å². The molecule has 1 saturated heterocycles. The Bertz CT molecular complexity index is 168. The molecule has 4 nitrogen and oxygen atoms in total.